The van der Waals surface area contributed by atoms with E-state index in [0.29, 0.717) is 29.2 Å². The number of imide groups is 1. The maximum absolute atomic E-state index is 12.6. The van der Waals surface area contributed by atoms with Gasteiger partial charge in [0, 0.05) is 24.8 Å². The van der Waals surface area contributed by atoms with Crippen molar-refractivity contribution >= 4 is 17.8 Å². The van der Waals surface area contributed by atoms with Crippen LogP contribution in [0.2, 0.25) is 0 Å². The second kappa shape index (κ2) is 5.75. The van der Waals surface area contributed by atoms with Gasteiger partial charge < -0.3 is 14.7 Å². The van der Waals surface area contributed by atoms with Crippen molar-refractivity contribution in [2.45, 2.75) is 59.0 Å². The van der Waals surface area contributed by atoms with Crippen molar-refractivity contribution in [2.75, 3.05) is 0 Å². The van der Waals surface area contributed by atoms with Crippen LogP contribution in [0.1, 0.15) is 48.4 Å². The monoisotopic (exact) mass is 347 g/mol. The van der Waals surface area contributed by atoms with E-state index in [1.807, 2.05) is 13.8 Å². The number of amides is 2. The molecule has 134 valence electrons. The van der Waals surface area contributed by atoms with E-state index in [0.717, 1.165) is 16.7 Å². The number of hydrogen-bond donors (Lipinski definition) is 1. The van der Waals surface area contributed by atoms with E-state index in [-0.39, 0.29) is 18.6 Å². The summed E-state index contributed by atoms with van der Waals surface area (Å²) in [5.74, 6) is -1.03. The zero-order chi connectivity index (χ0) is 18.5. The number of phenols is 1. The molecule has 2 amide bonds. The molecule has 25 heavy (non-hydrogen) atoms. The number of phenolic OH excluding ortho intramolecular Hbond substituents is 1. The van der Waals surface area contributed by atoms with Crippen LogP contribution in [0, 0.1) is 20.8 Å². The summed E-state index contributed by atoms with van der Waals surface area (Å²) in [7, 11) is 0. The molecule has 2 heterocycles. The minimum Gasteiger partial charge on any atom is -0.507 e. The Labute approximate surface area is 145 Å². The molecule has 2 aliphatic heterocycles. The Morgan fingerprint density at radius 1 is 1.08 bits per heavy atom. The van der Waals surface area contributed by atoms with Crippen LogP contribution >= 0.6 is 0 Å². The largest absolute Gasteiger partial charge is 0.507 e. The number of benzene rings is 1. The molecule has 1 aromatic carbocycles. The molecule has 1 atom stereocenters. The zero-order valence-electron chi connectivity index (χ0n) is 14.8. The van der Waals surface area contributed by atoms with Gasteiger partial charge in [0.2, 0.25) is 5.60 Å². The minimum absolute atomic E-state index is 0.0449. The van der Waals surface area contributed by atoms with Crippen molar-refractivity contribution in [3.63, 3.8) is 0 Å². The number of ether oxygens (including phenoxy) is 1. The van der Waals surface area contributed by atoms with Crippen LogP contribution in [0.5, 0.6) is 11.5 Å². The fraction of sp³-hybridized carbons (Fsp3) is 0.500. The van der Waals surface area contributed by atoms with Crippen LogP contribution in [0.15, 0.2) is 0 Å². The summed E-state index contributed by atoms with van der Waals surface area (Å²) in [5.41, 5.74) is 1.73. The summed E-state index contributed by atoms with van der Waals surface area (Å²) in [5, 5.41) is 10.7. The maximum Gasteiger partial charge on any atom is 0.376 e. The highest BCUT2D eigenvalue weighted by Crippen LogP contribution is 2.43. The number of rotatable bonds is 2. The molecule has 0 radical (unpaired) electrons. The van der Waals surface area contributed by atoms with Crippen molar-refractivity contribution in [3.05, 3.63) is 22.3 Å². The molecule has 2 aliphatic rings. The van der Waals surface area contributed by atoms with Gasteiger partial charge in [-0.25, -0.2) is 4.79 Å². The van der Waals surface area contributed by atoms with E-state index >= 15 is 0 Å². The predicted octanol–water partition coefficient (Wildman–Crippen LogP) is 2.01. The number of carbonyl (C=O) groups excluding carboxylic acids is 3. The first-order chi connectivity index (χ1) is 11.7. The quantitative estimate of drug-likeness (QED) is 0.823. The lowest BCUT2D eigenvalue weighted by Crippen LogP contribution is -2.49. The Kier molecular flexibility index (Phi) is 3.97. The highest BCUT2D eigenvalue weighted by atomic mass is 16.7. The van der Waals surface area contributed by atoms with Crippen molar-refractivity contribution < 1.29 is 29.1 Å². The second-order valence-corrected chi connectivity index (χ2v) is 6.82. The van der Waals surface area contributed by atoms with Crippen LogP contribution in [0.3, 0.4) is 0 Å². The van der Waals surface area contributed by atoms with Crippen molar-refractivity contribution in [1.29, 1.82) is 0 Å². The van der Waals surface area contributed by atoms with Crippen LogP contribution < -0.4 is 4.74 Å². The van der Waals surface area contributed by atoms with Crippen molar-refractivity contribution in [3.8, 4) is 11.5 Å². The Morgan fingerprint density at radius 2 is 1.68 bits per heavy atom. The van der Waals surface area contributed by atoms with Gasteiger partial charge in [0.05, 0.1) is 0 Å². The summed E-state index contributed by atoms with van der Waals surface area (Å²) in [4.78, 5) is 40.9. The van der Waals surface area contributed by atoms with E-state index in [1.54, 1.807) is 13.8 Å². The maximum atomic E-state index is 12.6. The molecule has 7 heteroatoms. The molecule has 1 unspecified atom stereocenters. The van der Waals surface area contributed by atoms with Gasteiger partial charge in [0.25, 0.3) is 11.8 Å². The highest BCUT2D eigenvalue weighted by molar-refractivity contribution is 6.02. The Bertz CT molecular complexity index is 783. The number of aromatic hydroxyl groups is 1. The topological polar surface area (TPSA) is 93.1 Å². The van der Waals surface area contributed by atoms with Crippen LogP contribution in [0.25, 0.3) is 0 Å². The third kappa shape index (κ3) is 2.63. The Morgan fingerprint density at radius 3 is 2.28 bits per heavy atom. The zero-order valence-corrected chi connectivity index (χ0v) is 14.8. The molecule has 1 aromatic rings. The molecule has 1 N–H and O–H groups in total. The van der Waals surface area contributed by atoms with E-state index in [9.17, 15) is 19.5 Å². The molecular weight excluding hydrogens is 326 g/mol. The fourth-order valence-corrected chi connectivity index (χ4v) is 3.23. The molecule has 0 bridgehead atoms. The first kappa shape index (κ1) is 17.3. The number of hydroxylamine groups is 2. The summed E-state index contributed by atoms with van der Waals surface area (Å²) < 4.78 is 5.97. The fourth-order valence-electron chi connectivity index (χ4n) is 3.23. The second-order valence-electron chi connectivity index (χ2n) is 6.82. The van der Waals surface area contributed by atoms with E-state index in [1.165, 1.54) is 0 Å². The van der Waals surface area contributed by atoms with Gasteiger partial charge in [0.1, 0.15) is 11.5 Å². The van der Waals surface area contributed by atoms with E-state index in [2.05, 4.69) is 0 Å². The Balaban J connectivity index is 1.89. The van der Waals surface area contributed by atoms with Gasteiger partial charge in [-0.05, 0) is 50.8 Å². The van der Waals surface area contributed by atoms with Gasteiger partial charge >= 0.3 is 5.97 Å². The Hall–Kier alpha value is -2.57. The third-order valence-electron chi connectivity index (χ3n) is 5.13. The molecule has 0 aromatic heterocycles. The third-order valence-corrected chi connectivity index (χ3v) is 5.13. The van der Waals surface area contributed by atoms with Gasteiger partial charge in [-0.3, -0.25) is 9.59 Å². The van der Waals surface area contributed by atoms with Crippen LogP contribution in [0.4, 0.5) is 0 Å². The molecule has 1 saturated heterocycles. The molecule has 0 aliphatic carbocycles. The number of carbonyl (C=O) groups is 3. The molecule has 0 saturated carbocycles. The molecule has 7 nitrogen and oxygen atoms in total. The summed E-state index contributed by atoms with van der Waals surface area (Å²) in [6, 6.07) is 0. The smallest absolute Gasteiger partial charge is 0.376 e. The first-order valence-corrected chi connectivity index (χ1v) is 8.24. The molecule has 1 fully saturated rings. The lowest BCUT2D eigenvalue weighted by molar-refractivity contribution is -0.208. The average Bonchev–Trinajstić information content (AvgIpc) is 2.90. The molecule has 0 spiro atoms. The van der Waals surface area contributed by atoms with E-state index < -0.39 is 23.4 Å². The van der Waals surface area contributed by atoms with Crippen molar-refractivity contribution in [2.24, 2.45) is 0 Å². The lowest BCUT2D eigenvalue weighted by Gasteiger charge is -2.36. The lowest BCUT2D eigenvalue weighted by atomic mass is 9.87. The van der Waals surface area contributed by atoms with E-state index in [4.69, 9.17) is 9.57 Å². The van der Waals surface area contributed by atoms with Gasteiger partial charge in [-0.1, -0.05) is 0 Å². The number of fused-ring (bicyclic) bond motifs is 1. The first-order valence-electron chi connectivity index (χ1n) is 8.24. The standard InChI is InChI=1S/C18H21NO6/c1-9-10(2)16-12(11(3)15(9)22)7-8-18(4,24-16)17(23)25-19-13(20)5-6-14(19)21/h22H,5-8H2,1-4H3. The van der Waals surface area contributed by atoms with Crippen LogP contribution in [-0.2, 0) is 25.6 Å². The molecule has 3 rings (SSSR count). The SMILES string of the molecule is Cc1c(C)c2c(c(C)c1O)CCC(C)(C(=O)ON1C(=O)CCC1=O)O2. The van der Waals surface area contributed by atoms with Gasteiger partial charge in [-0.15, -0.1) is 5.06 Å². The minimum atomic E-state index is -1.31. The van der Waals surface area contributed by atoms with Gasteiger partial charge in [-0.2, -0.15) is 0 Å². The number of nitrogens with zero attached hydrogens (tertiary/aromatic N) is 1. The summed E-state index contributed by atoms with van der Waals surface area (Å²) >= 11 is 0. The predicted molar refractivity (Wildman–Crippen MR) is 86.9 cm³/mol. The van der Waals surface area contributed by atoms with Crippen LogP contribution in [-0.4, -0.2) is 33.6 Å². The number of hydrogen-bond acceptors (Lipinski definition) is 6. The van der Waals surface area contributed by atoms with Crippen molar-refractivity contribution in [1.82, 2.24) is 5.06 Å². The highest BCUT2D eigenvalue weighted by Gasteiger charge is 2.45. The van der Waals surface area contributed by atoms with Gasteiger partial charge in [0.15, 0.2) is 0 Å². The normalized spacial score (nSPS) is 22.6. The summed E-state index contributed by atoms with van der Waals surface area (Å²) in [6.45, 7) is 7.00. The molecular formula is C18H21NO6. The summed E-state index contributed by atoms with van der Waals surface area (Å²) in [6.07, 6.45) is 0.924. The average molecular weight is 347 g/mol.